The van der Waals surface area contributed by atoms with Gasteiger partial charge in [-0.05, 0) is 89.7 Å². The molecule has 162 valence electrons. The molecule has 0 spiro atoms. The standard InChI is InChI=1S/C27H22F3NS/c1-3-5-6-18-13-24(28)23(25(29)14-18)11-9-20-7-8-21(15-19(20)4-2)22-10-12-27(32-17-31)26(30)16-22/h7-8,10,12-16H,3-6H2,1-2H3. The molecule has 0 aromatic heterocycles. The fraction of sp³-hybridized carbons (Fsp3) is 0.222. The minimum Gasteiger partial charge on any atom is -0.206 e. The molecule has 1 nitrogen and oxygen atoms in total. The highest BCUT2D eigenvalue weighted by atomic mass is 32.2. The monoisotopic (exact) mass is 449 g/mol. The van der Waals surface area contributed by atoms with E-state index >= 15 is 0 Å². The summed E-state index contributed by atoms with van der Waals surface area (Å²) < 4.78 is 43.1. The summed E-state index contributed by atoms with van der Waals surface area (Å²) in [6.07, 6.45) is 3.12. The van der Waals surface area contributed by atoms with Gasteiger partial charge in [-0.3, -0.25) is 0 Å². The second-order valence-electron chi connectivity index (χ2n) is 7.35. The Balaban J connectivity index is 1.91. The lowest BCUT2D eigenvalue weighted by molar-refractivity contribution is 0.572. The van der Waals surface area contributed by atoms with Crippen molar-refractivity contribution in [2.45, 2.75) is 44.4 Å². The Labute approximate surface area is 191 Å². The number of hydrogen-bond acceptors (Lipinski definition) is 2. The summed E-state index contributed by atoms with van der Waals surface area (Å²) >= 11 is 0.778. The van der Waals surface area contributed by atoms with E-state index in [2.05, 4.69) is 11.8 Å². The number of halogens is 3. The molecule has 32 heavy (non-hydrogen) atoms. The van der Waals surface area contributed by atoms with Crippen LogP contribution in [0.25, 0.3) is 11.1 Å². The maximum Gasteiger partial charge on any atom is 0.142 e. The van der Waals surface area contributed by atoms with Gasteiger partial charge >= 0.3 is 0 Å². The lowest BCUT2D eigenvalue weighted by Gasteiger charge is -2.08. The number of thioether (sulfide) groups is 1. The Morgan fingerprint density at radius 1 is 0.844 bits per heavy atom. The van der Waals surface area contributed by atoms with Gasteiger partial charge in [-0.25, -0.2) is 13.2 Å². The third-order valence-electron chi connectivity index (χ3n) is 5.15. The maximum atomic E-state index is 14.4. The molecule has 0 bridgehead atoms. The van der Waals surface area contributed by atoms with Gasteiger partial charge in [-0.2, -0.15) is 5.26 Å². The molecule has 0 atom stereocenters. The molecule has 0 saturated heterocycles. The highest BCUT2D eigenvalue weighted by Gasteiger charge is 2.10. The first kappa shape index (κ1) is 23.5. The first-order valence-electron chi connectivity index (χ1n) is 10.5. The summed E-state index contributed by atoms with van der Waals surface area (Å²) in [5, 5.41) is 10.6. The highest BCUT2D eigenvalue weighted by Crippen LogP contribution is 2.28. The quantitative estimate of drug-likeness (QED) is 0.219. The van der Waals surface area contributed by atoms with E-state index in [0.717, 1.165) is 35.7 Å². The number of hydrogen-bond donors (Lipinski definition) is 0. The first-order chi connectivity index (χ1) is 15.5. The Bertz CT molecular complexity index is 1210. The minimum absolute atomic E-state index is 0.232. The van der Waals surface area contributed by atoms with Crippen LogP contribution in [0.1, 0.15) is 48.9 Å². The molecule has 3 aromatic rings. The van der Waals surface area contributed by atoms with Gasteiger partial charge < -0.3 is 0 Å². The molecule has 0 N–H and O–H groups in total. The van der Waals surface area contributed by atoms with Crippen LogP contribution in [0, 0.1) is 40.0 Å². The Morgan fingerprint density at radius 3 is 2.16 bits per heavy atom. The van der Waals surface area contributed by atoms with E-state index in [1.54, 1.807) is 24.3 Å². The molecule has 0 saturated carbocycles. The normalized spacial score (nSPS) is 10.4. The zero-order valence-electron chi connectivity index (χ0n) is 17.9. The minimum atomic E-state index is -0.649. The summed E-state index contributed by atoms with van der Waals surface area (Å²) in [6, 6.07) is 12.9. The van der Waals surface area contributed by atoms with Crippen LogP contribution in [0.15, 0.2) is 53.4 Å². The predicted octanol–water partition coefficient (Wildman–Crippen LogP) is 7.65. The van der Waals surface area contributed by atoms with Crippen molar-refractivity contribution in [3.05, 3.63) is 88.2 Å². The van der Waals surface area contributed by atoms with E-state index in [1.165, 1.54) is 18.2 Å². The molecule has 0 aliphatic heterocycles. The lowest BCUT2D eigenvalue weighted by Crippen LogP contribution is -1.96. The van der Waals surface area contributed by atoms with Crippen molar-refractivity contribution in [1.29, 1.82) is 5.26 Å². The van der Waals surface area contributed by atoms with Gasteiger partial charge in [0.1, 0.15) is 22.9 Å². The number of benzene rings is 3. The largest absolute Gasteiger partial charge is 0.206 e. The van der Waals surface area contributed by atoms with Crippen molar-refractivity contribution < 1.29 is 13.2 Å². The average Bonchev–Trinajstić information content (AvgIpc) is 2.78. The Morgan fingerprint density at radius 2 is 1.53 bits per heavy atom. The van der Waals surface area contributed by atoms with Crippen molar-refractivity contribution in [2.24, 2.45) is 0 Å². The summed E-state index contributed by atoms with van der Waals surface area (Å²) in [5.74, 6) is 3.80. The number of rotatable bonds is 6. The van der Waals surface area contributed by atoms with Crippen molar-refractivity contribution in [2.75, 3.05) is 0 Å². The number of nitriles is 1. The number of unbranched alkanes of at least 4 members (excludes halogenated alkanes) is 1. The van der Waals surface area contributed by atoms with Gasteiger partial charge in [0, 0.05) is 5.56 Å². The van der Waals surface area contributed by atoms with E-state index in [9.17, 15) is 13.2 Å². The SMILES string of the molecule is CCCCc1cc(F)c(C#Cc2ccc(-c3ccc(SC#N)c(F)c3)cc2CC)c(F)c1. The second kappa shape index (κ2) is 10.9. The number of aryl methyl sites for hydroxylation is 2. The third-order valence-corrected chi connectivity index (χ3v) is 5.79. The van der Waals surface area contributed by atoms with Crippen LogP contribution in [-0.2, 0) is 12.8 Å². The fourth-order valence-corrected chi connectivity index (χ4v) is 3.79. The van der Waals surface area contributed by atoms with E-state index < -0.39 is 17.5 Å². The van der Waals surface area contributed by atoms with Crippen LogP contribution < -0.4 is 0 Å². The van der Waals surface area contributed by atoms with Gasteiger partial charge in [-0.15, -0.1) is 0 Å². The van der Waals surface area contributed by atoms with Crippen LogP contribution in [-0.4, -0.2) is 0 Å². The first-order valence-corrected chi connectivity index (χ1v) is 11.3. The van der Waals surface area contributed by atoms with Gasteiger partial charge in [0.05, 0.1) is 10.5 Å². The Hall–Kier alpha value is -3.15. The molecule has 0 fully saturated rings. The van der Waals surface area contributed by atoms with E-state index in [0.29, 0.717) is 29.5 Å². The Kier molecular flexibility index (Phi) is 8.03. The zero-order valence-corrected chi connectivity index (χ0v) is 18.8. The zero-order chi connectivity index (χ0) is 23.1. The van der Waals surface area contributed by atoms with Gasteiger partial charge in [0.15, 0.2) is 0 Å². The van der Waals surface area contributed by atoms with Crippen LogP contribution in [0.2, 0.25) is 0 Å². The summed E-state index contributed by atoms with van der Waals surface area (Å²) in [6.45, 7) is 3.99. The molecular weight excluding hydrogens is 427 g/mol. The fourth-order valence-electron chi connectivity index (χ4n) is 3.40. The predicted molar refractivity (Wildman–Crippen MR) is 124 cm³/mol. The molecule has 3 aromatic carbocycles. The number of nitrogens with zero attached hydrogens (tertiary/aromatic N) is 1. The van der Waals surface area contributed by atoms with Crippen LogP contribution in [0.3, 0.4) is 0 Å². The van der Waals surface area contributed by atoms with Crippen LogP contribution >= 0.6 is 11.8 Å². The summed E-state index contributed by atoms with van der Waals surface area (Å²) in [4.78, 5) is 0.277. The van der Waals surface area contributed by atoms with Crippen molar-refractivity contribution in [3.8, 4) is 28.4 Å². The van der Waals surface area contributed by atoms with E-state index in [1.807, 2.05) is 25.3 Å². The summed E-state index contributed by atoms with van der Waals surface area (Å²) in [5.41, 5.74) is 3.45. The van der Waals surface area contributed by atoms with E-state index in [-0.39, 0.29) is 10.5 Å². The molecule has 0 aliphatic rings. The molecular formula is C27H22F3NS. The molecule has 0 amide bonds. The molecule has 0 radical (unpaired) electrons. The molecule has 5 heteroatoms. The van der Waals surface area contributed by atoms with Gasteiger partial charge in [0.25, 0.3) is 0 Å². The second-order valence-corrected chi connectivity index (χ2v) is 8.18. The molecule has 0 heterocycles. The molecule has 0 aliphatic carbocycles. The smallest absolute Gasteiger partial charge is 0.142 e. The summed E-state index contributed by atoms with van der Waals surface area (Å²) in [7, 11) is 0. The average molecular weight is 450 g/mol. The van der Waals surface area contributed by atoms with Gasteiger partial charge in [0.2, 0.25) is 0 Å². The third kappa shape index (κ3) is 5.55. The van der Waals surface area contributed by atoms with E-state index in [4.69, 9.17) is 5.26 Å². The molecule has 3 rings (SSSR count). The van der Waals surface area contributed by atoms with Crippen LogP contribution in [0.4, 0.5) is 13.2 Å². The number of thiocyanates is 1. The highest BCUT2D eigenvalue weighted by molar-refractivity contribution is 8.03. The van der Waals surface area contributed by atoms with Crippen molar-refractivity contribution in [1.82, 2.24) is 0 Å². The van der Waals surface area contributed by atoms with Crippen LogP contribution in [0.5, 0.6) is 0 Å². The van der Waals surface area contributed by atoms with Gasteiger partial charge in [-0.1, -0.05) is 44.2 Å². The maximum absolute atomic E-state index is 14.4. The van der Waals surface area contributed by atoms with Crippen molar-refractivity contribution >= 4 is 11.8 Å². The molecule has 0 unspecified atom stereocenters. The topological polar surface area (TPSA) is 23.8 Å². The van der Waals surface area contributed by atoms with Crippen molar-refractivity contribution in [3.63, 3.8) is 0 Å². The lowest BCUT2D eigenvalue weighted by atomic mass is 9.97.